The molecule has 0 aliphatic heterocycles. The van der Waals surface area contributed by atoms with Crippen molar-refractivity contribution in [3.05, 3.63) is 36.7 Å². The van der Waals surface area contributed by atoms with Gasteiger partial charge in [0.25, 0.3) is 11.8 Å². The molecule has 0 radical (unpaired) electrons. The van der Waals surface area contributed by atoms with Crippen molar-refractivity contribution >= 4 is 11.7 Å². The maximum absolute atomic E-state index is 12.2. The summed E-state index contributed by atoms with van der Waals surface area (Å²) in [5, 5.41) is 5.85. The van der Waals surface area contributed by atoms with Crippen molar-refractivity contribution < 1.29 is 19.0 Å². The zero-order valence-electron chi connectivity index (χ0n) is 15.5. The number of benzene rings is 1. The van der Waals surface area contributed by atoms with Crippen LogP contribution in [-0.2, 0) is 0 Å². The largest absolute Gasteiger partial charge is 0.497 e. The summed E-state index contributed by atoms with van der Waals surface area (Å²) in [4.78, 5) is 20.5. The van der Waals surface area contributed by atoms with Gasteiger partial charge in [-0.05, 0) is 37.8 Å². The summed E-state index contributed by atoms with van der Waals surface area (Å²) >= 11 is 0. The van der Waals surface area contributed by atoms with E-state index in [0.717, 1.165) is 25.7 Å². The Morgan fingerprint density at radius 3 is 2.48 bits per heavy atom. The van der Waals surface area contributed by atoms with Gasteiger partial charge in [-0.25, -0.2) is 14.8 Å². The van der Waals surface area contributed by atoms with Crippen LogP contribution < -0.4 is 24.8 Å². The van der Waals surface area contributed by atoms with Gasteiger partial charge in [0.05, 0.1) is 14.2 Å². The van der Waals surface area contributed by atoms with E-state index >= 15 is 0 Å². The van der Waals surface area contributed by atoms with Crippen LogP contribution in [0.4, 0.5) is 10.5 Å². The van der Waals surface area contributed by atoms with Crippen LogP contribution in [0.15, 0.2) is 36.7 Å². The van der Waals surface area contributed by atoms with E-state index < -0.39 is 0 Å². The number of urea groups is 1. The van der Waals surface area contributed by atoms with Crippen molar-refractivity contribution in [1.82, 2.24) is 15.3 Å². The Morgan fingerprint density at radius 1 is 1.04 bits per heavy atom. The molecule has 1 aliphatic rings. The van der Waals surface area contributed by atoms with Crippen LogP contribution >= 0.6 is 0 Å². The number of amides is 2. The van der Waals surface area contributed by atoms with Crippen LogP contribution in [0.3, 0.4) is 0 Å². The first-order valence-electron chi connectivity index (χ1n) is 8.91. The summed E-state index contributed by atoms with van der Waals surface area (Å²) in [5.41, 5.74) is 0.693. The number of hydrogen-bond donors (Lipinski definition) is 2. The van der Waals surface area contributed by atoms with Gasteiger partial charge < -0.3 is 24.8 Å². The monoisotopic (exact) mass is 372 g/mol. The molecule has 0 atom stereocenters. The summed E-state index contributed by atoms with van der Waals surface area (Å²) in [6, 6.07) is 7.15. The fraction of sp³-hybridized carbons (Fsp3) is 0.421. The molecule has 0 unspecified atom stereocenters. The van der Waals surface area contributed by atoms with Gasteiger partial charge in [0.1, 0.15) is 11.9 Å². The van der Waals surface area contributed by atoms with E-state index in [-0.39, 0.29) is 18.2 Å². The van der Waals surface area contributed by atoms with E-state index in [1.165, 1.54) is 0 Å². The quantitative estimate of drug-likeness (QED) is 0.809. The smallest absolute Gasteiger partial charge is 0.319 e. The second-order valence-corrected chi connectivity index (χ2v) is 6.29. The van der Waals surface area contributed by atoms with Gasteiger partial charge in [-0.15, -0.1) is 0 Å². The highest BCUT2D eigenvalue weighted by Gasteiger charge is 2.25. The molecule has 0 spiro atoms. The zero-order chi connectivity index (χ0) is 19.1. The lowest BCUT2D eigenvalue weighted by atomic mass is 9.93. The van der Waals surface area contributed by atoms with E-state index in [1.54, 1.807) is 32.7 Å². The maximum Gasteiger partial charge on any atom is 0.319 e. The summed E-state index contributed by atoms with van der Waals surface area (Å²) in [6.45, 7) is 0. The number of anilines is 1. The minimum absolute atomic E-state index is 0.0371. The molecule has 2 N–H and O–H groups in total. The second kappa shape index (κ2) is 9.07. The number of aromatic nitrogens is 2. The predicted molar refractivity (Wildman–Crippen MR) is 100 cm³/mol. The highest BCUT2D eigenvalue weighted by Crippen LogP contribution is 2.27. The fourth-order valence-electron chi connectivity index (χ4n) is 3.07. The van der Waals surface area contributed by atoms with E-state index in [1.807, 2.05) is 18.2 Å². The number of ether oxygens (including phenoxy) is 3. The predicted octanol–water partition coefficient (Wildman–Crippen LogP) is 3.01. The van der Waals surface area contributed by atoms with Crippen molar-refractivity contribution in [1.29, 1.82) is 0 Å². The minimum atomic E-state index is -0.219. The summed E-state index contributed by atoms with van der Waals surface area (Å²) in [7, 11) is 3.13. The molecule has 1 saturated carbocycles. The van der Waals surface area contributed by atoms with Crippen LogP contribution in [0.25, 0.3) is 0 Å². The molecule has 1 aliphatic carbocycles. The Morgan fingerprint density at radius 2 is 1.78 bits per heavy atom. The minimum Gasteiger partial charge on any atom is -0.497 e. The Balaban J connectivity index is 1.45. The molecular formula is C19H24N4O4. The van der Waals surface area contributed by atoms with Gasteiger partial charge in [0.2, 0.25) is 0 Å². The summed E-state index contributed by atoms with van der Waals surface area (Å²) in [6.07, 6.45) is 6.49. The van der Waals surface area contributed by atoms with Crippen LogP contribution in [0.1, 0.15) is 25.7 Å². The second-order valence-electron chi connectivity index (χ2n) is 6.29. The number of nitrogens with zero attached hydrogens (tertiary/aromatic N) is 2. The molecule has 1 aromatic carbocycles. The summed E-state index contributed by atoms with van der Waals surface area (Å²) < 4.78 is 16.2. The Labute approximate surface area is 158 Å². The molecular weight excluding hydrogens is 348 g/mol. The fourth-order valence-corrected chi connectivity index (χ4v) is 3.07. The van der Waals surface area contributed by atoms with Crippen molar-refractivity contribution in [2.24, 2.45) is 0 Å². The number of carbonyl (C=O) groups excluding carboxylic acids is 1. The number of rotatable bonds is 6. The SMILES string of the molecule is COc1cccc(NC(=O)NC2CCC(Oc3nccnc3OC)CC2)c1. The molecule has 8 nitrogen and oxygen atoms in total. The molecule has 0 saturated heterocycles. The molecule has 1 fully saturated rings. The van der Waals surface area contributed by atoms with Gasteiger partial charge in [-0.2, -0.15) is 0 Å². The maximum atomic E-state index is 12.2. The van der Waals surface area contributed by atoms with E-state index in [9.17, 15) is 4.79 Å². The first kappa shape index (κ1) is 18.8. The number of carbonyl (C=O) groups is 1. The van der Waals surface area contributed by atoms with Crippen molar-refractivity contribution in [3.8, 4) is 17.5 Å². The molecule has 1 heterocycles. The molecule has 2 aromatic rings. The Hall–Kier alpha value is -3.03. The lowest BCUT2D eigenvalue weighted by Crippen LogP contribution is -2.41. The Bertz CT molecular complexity index is 763. The van der Waals surface area contributed by atoms with Gasteiger partial charge in [0, 0.05) is 30.2 Å². The number of methoxy groups -OCH3 is 2. The average molecular weight is 372 g/mol. The number of hydrogen-bond acceptors (Lipinski definition) is 6. The van der Waals surface area contributed by atoms with Crippen LogP contribution in [-0.4, -0.2) is 42.4 Å². The molecule has 144 valence electrons. The third kappa shape index (κ3) is 5.22. The average Bonchev–Trinajstić information content (AvgIpc) is 2.70. The van der Waals surface area contributed by atoms with Crippen LogP contribution in [0.2, 0.25) is 0 Å². The molecule has 0 bridgehead atoms. The lowest BCUT2D eigenvalue weighted by Gasteiger charge is -2.29. The highest BCUT2D eigenvalue weighted by atomic mass is 16.5. The topological polar surface area (TPSA) is 94.6 Å². The van der Waals surface area contributed by atoms with Crippen LogP contribution in [0.5, 0.6) is 17.5 Å². The number of nitrogens with one attached hydrogen (secondary N) is 2. The van der Waals surface area contributed by atoms with Gasteiger partial charge in [0.15, 0.2) is 0 Å². The Kier molecular flexibility index (Phi) is 6.30. The first-order chi connectivity index (χ1) is 13.2. The van der Waals surface area contributed by atoms with E-state index in [0.29, 0.717) is 23.2 Å². The van der Waals surface area contributed by atoms with E-state index in [4.69, 9.17) is 14.2 Å². The van der Waals surface area contributed by atoms with Gasteiger partial charge >= 0.3 is 6.03 Å². The van der Waals surface area contributed by atoms with E-state index in [2.05, 4.69) is 20.6 Å². The van der Waals surface area contributed by atoms with Crippen molar-refractivity contribution in [2.75, 3.05) is 19.5 Å². The third-order valence-electron chi connectivity index (χ3n) is 4.44. The summed E-state index contributed by atoms with van der Waals surface area (Å²) in [5.74, 6) is 1.49. The normalized spacial score (nSPS) is 19.0. The lowest BCUT2D eigenvalue weighted by molar-refractivity contribution is 0.129. The van der Waals surface area contributed by atoms with Crippen molar-refractivity contribution in [2.45, 2.75) is 37.8 Å². The first-order valence-corrected chi connectivity index (χ1v) is 8.91. The molecule has 27 heavy (non-hydrogen) atoms. The van der Waals surface area contributed by atoms with Crippen molar-refractivity contribution in [3.63, 3.8) is 0 Å². The van der Waals surface area contributed by atoms with Gasteiger partial charge in [-0.1, -0.05) is 6.07 Å². The van der Waals surface area contributed by atoms with Crippen LogP contribution in [0, 0.1) is 0 Å². The van der Waals surface area contributed by atoms with Gasteiger partial charge in [-0.3, -0.25) is 0 Å². The molecule has 2 amide bonds. The standard InChI is InChI=1S/C19H24N4O4/c1-25-16-5-3-4-14(12-16)23-19(24)22-13-6-8-15(9-7-13)27-18-17(26-2)20-10-11-21-18/h3-5,10-13,15H,6-9H2,1-2H3,(H2,22,23,24). The molecule has 1 aromatic heterocycles. The zero-order valence-corrected chi connectivity index (χ0v) is 15.5. The highest BCUT2D eigenvalue weighted by molar-refractivity contribution is 5.89. The third-order valence-corrected chi connectivity index (χ3v) is 4.44. The molecule has 8 heteroatoms. The molecule has 3 rings (SSSR count).